The SMILES string of the molecule is CCn1c(Cc2ccc(Cl)cc2)nnc1SCc1ccc(F)cc1. The van der Waals surface area contributed by atoms with Crippen molar-refractivity contribution in [3.63, 3.8) is 0 Å². The summed E-state index contributed by atoms with van der Waals surface area (Å²) in [4.78, 5) is 0. The molecule has 1 aromatic heterocycles. The van der Waals surface area contributed by atoms with Crippen molar-refractivity contribution in [2.45, 2.75) is 30.8 Å². The summed E-state index contributed by atoms with van der Waals surface area (Å²) < 4.78 is 15.1. The number of halogens is 2. The lowest BCUT2D eigenvalue weighted by Crippen LogP contribution is -2.04. The van der Waals surface area contributed by atoms with Gasteiger partial charge in [-0.1, -0.05) is 47.6 Å². The molecule has 6 heteroatoms. The highest BCUT2D eigenvalue weighted by Crippen LogP contribution is 2.23. The summed E-state index contributed by atoms with van der Waals surface area (Å²) in [6.45, 7) is 2.89. The predicted octanol–water partition coefficient (Wildman–Crippen LogP) is 4.97. The van der Waals surface area contributed by atoms with Crippen LogP contribution in [0, 0.1) is 5.82 Å². The van der Waals surface area contributed by atoms with Crippen LogP contribution >= 0.6 is 23.4 Å². The van der Waals surface area contributed by atoms with E-state index >= 15 is 0 Å². The monoisotopic (exact) mass is 361 g/mol. The van der Waals surface area contributed by atoms with Crippen LogP contribution in [0.3, 0.4) is 0 Å². The van der Waals surface area contributed by atoms with E-state index < -0.39 is 0 Å². The summed E-state index contributed by atoms with van der Waals surface area (Å²) in [6, 6.07) is 14.3. The molecule has 3 rings (SSSR count). The van der Waals surface area contributed by atoms with Gasteiger partial charge in [0.25, 0.3) is 0 Å². The van der Waals surface area contributed by atoms with Crippen molar-refractivity contribution < 1.29 is 4.39 Å². The van der Waals surface area contributed by atoms with Gasteiger partial charge in [-0.3, -0.25) is 0 Å². The van der Waals surface area contributed by atoms with E-state index in [2.05, 4.69) is 21.7 Å². The van der Waals surface area contributed by atoms with E-state index in [1.807, 2.05) is 24.3 Å². The highest BCUT2D eigenvalue weighted by molar-refractivity contribution is 7.98. The Hall–Kier alpha value is -1.85. The van der Waals surface area contributed by atoms with Gasteiger partial charge in [-0.25, -0.2) is 4.39 Å². The molecule has 2 aromatic carbocycles. The lowest BCUT2D eigenvalue weighted by Gasteiger charge is -2.07. The molecule has 0 saturated heterocycles. The maximum atomic E-state index is 13.0. The third kappa shape index (κ3) is 4.16. The molecule has 0 fully saturated rings. The van der Waals surface area contributed by atoms with E-state index in [0.29, 0.717) is 0 Å². The van der Waals surface area contributed by atoms with E-state index in [1.165, 1.54) is 12.1 Å². The number of hydrogen-bond donors (Lipinski definition) is 0. The summed E-state index contributed by atoms with van der Waals surface area (Å²) in [6.07, 6.45) is 0.717. The van der Waals surface area contributed by atoms with Crippen LogP contribution in [0.25, 0.3) is 0 Å². The van der Waals surface area contributed by atoms with Gasteiger partial charge in [0.15, 0.2) is 5.16 Å². The van der Waals surface area contributed by atoms with Crippen LogP contribution in [0.15, 0.2) is 53.7 Å². The zero-order valence-electron chi connectivity index (χ0n) is 13.2. The average molecular weight is 362 g/mol. The molecule has 0 aliphatic heterocycles. The van der Waals surface area contributed by atoms with Crippen molar-refractivity contribution in [2.24, 2.45) is 0 Å². The molecular weight excluding hydrogens is 345 g/mol. The minimum Gasteiger partial charge on any atom is -0.306 e. The second kappa shape index (κ2) is 7.81. The predicted molar refractivity (Wildman–Crippen MR) is 95.9 cm³/mol. The number of thioether (sulfide) groups is 1. The molecule has 24 heavy (non-hydrogen) atoms. The Morgan fingerprint density at radius 2 is 1.67 bits per heavy atom. The van der Waals surface area contributed by atoms with E-state index in [1.54, 1.807) is 23.9 Å². The fraction of sp³-hybridized carbons (Fsp3) is 0.222. The highest BCUT2D eigenvalue weighted by atomic mass is 35.5. The van der Waals surface area contributed by atoms with Crippen molar-refractivity contribution in [3.8, 4) is 0 Å². The largest absolute Gasteiger partial charge is 0.306 e. The fourth-order valence-corrected chi connectivity index (χ4v) is 3.49. The van der Waals surface area contributed by atoms with Crippen molar-refractivity contribution in [3.05, 3.63) is 76.3 Å². The Labute approximate surface area is 149 Å². The molecule has 0 amide bonds. The molecule has 1 heterocycles. The number of nitrogens with zero attached hydrogens (tertiary/aromatic N) is 3. The first kappa shape index (κ1) is 17.0. The number of rotatable bonds is 6. The molecule has 0 radical (unpaired) electrons. The first-order valence-electron chi connectivity index (χ1n) is 7.69. The molecule has 0 N–H and O–H groups in total. The number of benzene rings is 2. The third-order valence-electron chi connectivity index (χ3n) is 3.67. The standard InChI is InChI=1S/C18H17ClFN3S/c1-2-23-17(11-13-3-7-15(19)8-4-13)21-22-18(23)24-12-14-5-9-16(20)10-6-14/h3-10H,2,11-12H2,1H3. The minimum absolute atomic E-state index is 0.217. The number of aromatic nitrogens is 3. The molecule has 0 bridgehead atoms. The van der Waals surface area contributed by atoms with E-state index in [-0.39, 0.29) is 5.82 Å². The Balaban J connectivity index is 1.71. The zero-order chi connectivity index (χ0) is 16.9. The van der Waals surface area contributed by atoms with Crippen molar-refractivity contribution >= 4 is 23.4 Å². The molecule has 0 atom stereocenters. The minimum atomic E-state index is -0.217. The first-order chi connectivity index (χ1) is 11.7. The van der Waals surface area contributed by atoms with Crippen LogP contribution in [-0.4, -0.2) is 14.8 Å². The van der Waals surface area contributed by atoms with E-state index in [4.69, 9.17) is 11.6 Å². The normalized spacial score (nSPS) is 11.0. The van der Waals surface area contributed by atoms with Gasteiger partial charge in [-0.2, -0.15) is 0 Å². The maximum Gasteiger partial charge on any atom is 0.191 e. The van der Waals surface area contributed by atoms with Crippen LogP contribution in [0.5, 0.6) is 0 Å². The van der Waals surface area contributed by atoms with Crippen LogP contribution in [-0.2, 0) is 18.7 Å². The summed E-state index contributed by atoms with van der Waals surface area (Å²) >= 11 is 7.54. The Bertz CT molecular complexity index is 800. The third-order valence-corrected chi connectivity index (χ3v) is 4.96. The average Bonchev–Trinajstić information content (AvgIpc) is 2.98. The topological polar surface area (TPSA) is 30.7 Å². The van der Waals surface area contributed by atoms with E-state index in [9.17, 15) is 4.39 Å². The maximum absolute atomic E-state index is 13.0. The van der Waals surface area contributed by atoms with Gasteiger partial charge in [0.05, 0.1) is 0 Å². The molecule has 0 saturated carbocycles. The molecule has 3 nitrogen and oxygen atoms in total. The van der Waals surface area contributed by atoms with Gasteiger partial charge in [0.1, 0.15) is 11.6 Å². The zero-order valence-corrected chi connectivity index (χ0v) is 14.8. The fourth-order valence-electron chi connectivity index (χ4n) is 2.39. The highest BCUT2D eigenvalue weighted by Gasteiger charge is 2.12. The summed E-state index contributed by atoms with van der Waals surface area (Å²) in [5.41, 5.74) is 2.21. The van der Waals surface area contributed by atoms with Gasteiger partial charge in [-0.15, -0.1) is 10.2 Å². The molecule has 124 valence electrons. The van der Waals surface area contributed by atoms with Crippen molar-refractivity contribution in [1.29, 1.82) is 0 Å². The number of hydrogen-bond acceptors (Lipinski definition) is 3. The van der Waals surface area contributed by atoms with Crippen LogP contribution in [0.2, 0.25) is 5.02 Å². The lowest BCUT2D eigenvalue weighted by molar-refractivity contribution is 0.627. The summed E-state index contributed by atoms with van der Waals surface area (Å²) in [7, 11) is 0. The molecule has 0 aliphatic carbocycles. The van der Waals surface area contributed by atoms with Gasteiger partial charge >= 0.3 is 0 Å². The molecule has 0 unspecified atom stereocenters. The summed E-state index contributed by atoms with van der Waals surface area (Å²) in [5, 5.41) is 10.2. The van der Waals surface area contributed by atoms with Gasteiger partial charge in [0.2, 0.25) is 0 Å². The lowest BCUT2D eigenvalue weighted by atomic mass is 10.1. The van der Waals surface area contributed by atoms with Crippen LogP contribution in [0.4, 0.5) is 4.39 Å². The Morgan fingerprint density at radius 3 is 2.33 bits per heavy atom. The van der Waals surface area contributed by atoms with Crippen LogP contribution < -0.4 is 0 Å². The van der Waals surface area contributed by atoms with Gasteiger partial charge in [-0.05, 0) is 42.3 Å². The second-order valence-corrected chi connectivity index (χ2v) is 6.74. The van der Waals surface area contributed by atoms with E-state index in [0.717, 1.165) is 45.8 Å². The quantitative estimate of drug-likeness (QED) is 0.580. The van der Waals surface area contributed by atoms with Crippen molar-refractivity contribution in [1.82, 2.24) is 14.8 Å². The Morgan fingerprint density at radius 1 is 1.00 bits per heavy atom. The molecule has 3 aromatic rings. The molecule has 0 spiro atoms. The Kier molecular flexibility index (Phi) is 5.53. The summed E-state index contributed by atoms with van der Waals surface area (Å²) in [5.74, 6) is 1.45. The van der Waals surface area contributed by atoms with Crippen LogP contribution in [0.1, 0.15) is 23.9 Å². The molecule has 0 aliphatic rings. The second-order valence-electron chi connectivity index (χ2n) is 5.36. The van der Waals surface area contributed by atoms with Gasteiger partial charge in [0, 0.05) is 23.7 Å². The first-order valence-corrected chi connectivity index (χ1v) is 9.06. The van der Waals surface area contributed by atoms with Crippen molar-refractivity contribution in [2.75, 3.05) is 0 Å². The van der Waals surface area contributed by atoms with Gasteiger partial charge < -0.3 is 4.57 Å². The smallest absolute Gasteiger partial charge is 0.191 e. The molecular formula is C18H17ClFN3S.